The first-order valence-corrected chi connectivity index (χ1v) is 13.2. The highest BCUT2D eigenvalue weighted by Crippen LogP contribution is 2.42. The van der Waals surface area contributed by atoms with Crippen LogP contribution in [-0.2, 0) is 0 Å². The van der Waals surface area contributed by atoms with Crippen LogP contribution in [0.2, 0.25) is 0 Å². The first-order chi connectivity index (χ1) is 18.2. The third kappa shape index (κ3) is 4.84. The number of H-pyrrole nitrogens is 1. The third-order valence-electron chi connectivity index (χ3n) is 7.66. The van der Waals surface area contributed by atoms with E-state index in [0.717, 1.165) is 67.1 Å². The highest BCUT2D eigenvalue weighted by atomic mass is 19.1. The van der Waals surface area contributed by atoms with Gasteiger partial charge in [-0.1, -0.05) is 25.1 Å². The number of halogens is 1. The van der Waals surface area contributed by atoms with E-state index in [1.165, 1.54) is 28.8 Å². The lowest BCUT2D eigenvalue weighted by molar-refractivity contribution is 0.286. The normalized spacial score (nSPS) is 19.5. The Kier molecular flexibility index (Phi) is 6.62. The molecule has 2 aliphatic heterocycles. The smallest absolute Gasteiger partial charge is 0.123 e. The Labute approximate surface area is 217 Å². The summed E-state index contributed by atoms with van der Waals surface area (Å²) in [6.45, 7) is 5.03. The Morgan fingerprint density at radius 2 is 1.78 bits per heavy atom. The number of aromatic nitrogens is 2. The second-order valence-electron chi connectivity index (χ2n) is 10.0. The van der Waals surface area contributed by atoms with Crippen LogP contribution in [0.25, 0.3) is 28.0 Å². The molecule has 6 rings (SSSR count). The van der Waals surface area contributed by atoms with Gasteiger partial charge < -0.3 is 9.72 Å². The number of nitrogens with one attached hydrogen (secondary N) is 1. The Morgan fingerprint density at radius 3 is 2.54 bits per heavy atom. The molecule has 4 aromatic rings. The van der Waals surface area contributed by atoms with Crippen LogP contribution in [0.4, 0.5) is 4.39 Å². The summed E-state index contributed by atoms with van der Waals surface area (Å²) in [6.07, 6.45) is 11.4. The Hall–Kier alpha value is -3.70. The zero-order valence-corrected chi connectivity index (χ0v) is 21.2. The van der Waals surface area contributed by atoms with Gasteiger partial charge in [0.05, 0.1) is 12.3 Å². The molecule has 0 unspecified atom stereocenters. The Balaban J connectivity index is 1.29. The number of fused-ring (bicyclic) bond motifs is 1. The minimum Gasteiger partial charge on any atom is -0.494 e. The molecule has 0 amide bonds. The standard InChI is InChI=1S/C32H32FN3O/c1-2-17-37-29-9-5-22(6-10-29)26-19-28-18-25(13-16-36(28)21-26)30-20-35-32(24-3-7-27(33)8-4-24)31(30)23-11-14-34-15-12-23/h3-12,14-15,18,20,26,28,35H,2,13,16-17,19,21H2,1H3/t26-,28-/m1/s1. The number of pyridine rings is 1. The maximum Gasteiger partial charge on any atom is 0.123 e. The van der Waals surface area contributed by atoms with Gasteiger partial charge in [0.2, 0.25) is 0 Å². The number of benzene rings is 2. The van der Waals surface area contributed by atoms with Gasteiger partial charge in [0.25, 0.3) is 0 Å². The highest BCUT2D eigenvalue weighted by Gasteiger charge is 2.34. The van der Waals surface area contributed by atoms with Gasteiger partial charge in [-0.15, -0.1) is 0 Å². The summed E-state index contributed by atoms with van der Waals surface area (Å²) in [5.74, 6) is 1.26. The van der Waals surface area contributed by atoms with E-state index in [2.05, 4.69) is 70.5 Å². The van der Waals surface area contributed by atoms with Gasteiger partial charge in [-0.05, 0) is 96.0 Å². The molecule has 4 nitrogen and oxygen atoms in total. The van der Waals surface area contributed by atoms with Gasteiger partial charge in [0, 0.05) is 48.8 Å². The van der Waals surface area contributed by atoms with Crippen molar-refractivity contribution in [2.45, 2.75) is 38.1 Å². The van der Waals surface area contributed by atoms with E-state index in [9.17, 15) is 4.39 Å². The number of aromatic amines is 1. The molecule has 0 bridgehead atoms. The molecular weight excluding hydrogens is 461 g/mol. The Bertz CT molecular complexity index is 1380. The summed E-state index contributed by atoms with van der Waals surface area (Å²) in [5, 5.41) is 0. The number of hydrogen-bond donors (Lipinski definition) is 1. The van der Waals surface area contributed by atoms with Crippen LogP contribution in [0.5, 0.6) is 5.75 Å². The average Bonchev–Trinajstić information content (AvgIpc) is 3.57. The molecule has 188 valence electrons. The van der Waals surface area contributed by atoms with Crippen molar-refractivity contribution in [1.82, 2.24) is 14.9 Å². The van der Waals surface area contributed by atoms with Crippen molar-refractivity contribution in [3.63, 3.8) is 0 Å². The Morgan fingerprint density at radius 1 is 1.00 bits per heavy atom. The molecule has 4 heterocycles. The zero-order chi connectivity index (χ0) is 25.2. The number of nitrogens with zero attached hydrogens (tertiary/aromatic N) is 2. The van der Waals surface area contributed by atoms with E-state index < -0.39 is 0 Å². The first-order valence-electron chi connectivity index (χ1n) is 13.2. The fourth-order valence-corrected chi connectivity index (χ4v) is 5.81. The van der Waals surface area contributed by atoms with E-state index in [-0.39, 0.29) is 5.82 Å². The molecule has 2 aliphatic rings. The summed E-state index contributed by atoms with van der Waals surface area (Å²) < 4.78 is 19.4. The van der Waals surface area contributed by atoms with Crippen LogP contribution < -0.4 is 4.74 Å². The van der Waals surface area contributed by atoms with Crippen molar-refractivity contribution < 1.29 is 9.13 Å². The summed E-state index contributed by atoms with van der Waals surface area (Å²) in [6, 6.07) is 19.9. The van der Waals surface area contributed by atoms with E-state index >= 15 is 0 Å². The fourth-order valence-electron chi connectivity index (χ4n) is 5.81. The van der Waals surface area contributed by atoms with E-state index in [0.29, 0.717) is 12.0 Å². The van der Waals surface area contributed by atoms with Crippen LogP contribution in [0.3, 0.4) is 0 Å². The maximum atomic E-state index is 13.6. The van der Waals surface area contributed by atoms with Crippen molar-refractivity contribution in [2.24, 2.45) is 0 Å². The van der Waals surface area contributed by atoms with Crippen molar-refractivity contribution in [2.75, 3.05) is 19.7 Å². The molecule has 2 atom stereocenters. The molecule has 5 heteroatoms. The highest BCUT2D eigenvalue weighted by molar-refractivity contribution is 5.91. The van der Waals surface area contributed by atoms with Crippen LogP contribution in [0.15, 0.2) is 85.3 Å². The fraction of sp³-hybridized carbons (Fsp3) is 0.281. The number of rotatable bonds is 7. The predicted molar refractivity (Wildman–Crippen MR) is 147 cm³/mol. The zero-order valence-electron chi connectivity index (χ0n) is 21.2. The number of ether oxygens (including phenoxy) is 1. The van der Waals surface area contributed by atoms with Crippen molar-refractivity contribution in [3.05, 3.63) is 102 Å². The van der Waals surface area contributed by atoms with Crippen molar-refractivity contribution in [1.29, 1.82) is 0 Å². The van der Waals surface area contributed by atoms with Crippen LogP contribution in [0.1, 0.15) is 43.2 Å². The van der Waals surface area contributed by atoms with Gasteiger partial charge in [-0.2, -0.15) is 0 Å². The van der Waals surface area contributed by atoms with Gasteiger partial charge in [0.15, 0.2) is 0 Å². The summed E-state index contributed by atoms with van der Waals surface area (Å²) >= 11 is 0. The summed E-state index contributed by atoms with van der Waals surface area (Å²) in [4.78, 5) is 10.4. The lowest BCUT2D eigenvalue weighted by atomic mass is 9.90. The molecule has 0 radical (unpaired) electrons. The van der Waals surface area contributed by atoms with Crippen molar-refractivity contribution >= 4 is 5.57 Å². The van der Waals surface area contributed by atoms with Gasteiger partial charge in [0.1, 0.15) is 11.6 Å². The SMILES string of the molecule is CCCOc1ccc([C@@H]2C[C@H]3C=C(c4c[nH]c(-c5ccc(F)cc5)c4-c4ccncc4)CCN3C2)cc1. The second-order valence-corrected chi connectivity index (χ2v) is 10.0. The number of hydrogen-bond acceptors (Lipinski definition) is 3. The minimum absolute atomic E-state index is 0.227. The van der Waals surface area contributed by atoms with Crippen molar-refractivity contribution in [3.8, 4) is 28.1 Å². The quantitative estimate of drug-likeness (QED) is 0.293. The van der Waals surface area contributed by atoms with Gasteiger partial charge in [-0.3, -0.25) is 9.88 Å². The van der Waals surface area contributed by atoms with Gasteiger partial charge >= 0.3 is 0 Å². The maximum absolute atomic E-state index is 13.6. The molecule has 2 aromatic carbocycles. The molecule has 1 saturated heterocycles. The molecule has 0 spiro atoms. The van der Waals surface area contributed by atoms with E-state index in [1.54, 1.807) is 0 Å². The molecule has 1 fully saturated rings. The lowest BCUT2D eigenvalue weighted by Gasteiger charge is -2.28. The van der Waals surface area contributed by atoms with E-state index in [1.807, 2.05) is 24.5 Å². The molecule has 0 saturated carbocycles. The summed E-state index contributed by atoms with van der Waals surface area (Å²) in [7, 11) is 0. The van der Waals surface area contributed by atoms with Gasteiger partial charge in [-0.25, -0.2) is 4.39 Å². The summed E-state index contributed by atoms with van der Waals surface area (Å²) in [5.41, 5.74) is 8.26. The van der Waals surface area contributed by atoms with E-state index in [4.69, 9.17) is 4.74 Å². The molecular formula is C32H32FN3O. The largest absolute Gasteiger partial charge is 0.494 e. The molecule has 37 heavy (non-hydrogen) atoms. The first kappa shape index (κ1) is 23.7. The third-order valence-corrected chi connectivity index (χ3v) is 7.66. The molecule has 1 N–H and O–H groups in total. The van der Waals surface area contributed by atoms with Crippen LogP contribution in [-0.4, -0.2) is 40.6 Å². The molecule has 0 aliphatic carbocycles. The monoisotopic (exact) mass is 493 g/mol. The van der Waals surface area contributed by atoms with Crippen LogP contribution in [0, 0.1) is 5.82 Å². The topological polar surface area (TPSA) is 41.1 Å². The average molecular weight is 494 g/mol. The van der Waals surface area contributed by atoms with Crippen LogP contribution >= 0.6 is 0 Å². The second kappa shape index (κ2) is 10.3. The minimum atomic E-state index is -0.227. The molecule has 2 aromatic heterocycles. The predicted octanol–water partition coefficient (Wildman–Crippen LogP) is 7.32. The lowest BCUT2D eigenvalue weighted by Crippen LogP contribution is -2.32.